The van der Waals surface area contributed by atoms with Crippen molar-refractivity contribution in [1.29, 1.82) is 0 Å². The average Bonchev–Trinajstić information content (AvgIpc) is 2.79. The maximum atomic E-state index is 12.6. The Hall–Kier alpha value is -3.00. The average molecular weight is 432 g/mol. The van der Waals surface area contributed by atoms with E-state index in [1.54, 1.807) is 60.3 Å². The van der Waals surface area contributed by atoms with Crippen molar-refractivity contribution in [3.05, 3.63) is 59.7 Å². The highest BCUT2D eigenvalue weighted by Gasteiger charge is 2.24. The summed E-state index contributed by atoms with van der Waals surface area (Å²) in [6.07, 6.45) is 2.29. The fourth-order valence-corrected chi connectivity index (χ4v) is 3.13. The summed E-state index contributed by atoms with van der Waals surface area (Å²) in [7, 11) is 2.95. The minimum Gasteiger partial charge on any atom is -0.497 e. The zero-order valence-corrected chi connectivity index (χ0v) is 18.0. The first-order valence-electron chi connectivity index (χ1n) is 9.26. The van der Waals surface area contributed by atoms with Crippen LogP contribution in [0.3, 0.4) is 0 Å². The third kappa shape index (κ3) is 6.52. The van der Waals surface area contributed by atoms with Crippen LogP contribution in [-0.4, -0.2) is 56.5 Å². The van der Waals surface area contributed by atoms with Gasteiger partial charge in [-0.25, -0.2) is 4.79 Å². The summed E-state index contributed by atoms with van der Waals surface area (Å²) < 4.78 is 15.5. The van der Waals surface area contributed by atoms with E-state index in [2.05, 4.69) is 5.32 Å². The Balaban J connectivity index is 2.03. The molecule has 2 aromatic carbocycles. The van der Waals surface area contributed by atoms with Gasteiger partial charge in [-0.2, -0.15) is 11.8 Å². The SMILES string of the molecule is COc1ccc(C(=O)COC(=O)C(CCSC)NC(=O)c2ccccc2)c(OC)c1. The molecule has 0 saturated heterocycles. The van der Waals surface area contributed by atoms with Crippen LogP contribution in [0.4, 0.5) is 0 Å². The number of hydrogen-bond donors (Lipinski definition) is 1. The maximum absolute atomic E-state index is 12.6. The second kappa shape index (κ2) is 11.9. The van der Waals surface area contributed by atoms with Gasteiger partial charge in [0.15, 0.2) is 6.61 Å². The fourth-order valence-electron chi connectivity index (χ4n) is 2.66. The molecule has 0 heterocycles. The first-order valence-corrected chi connectivity index (χ1v) is 10.7. The van der Waals surface area contributed by atoms with Crippen LogP contribution in [0.25, 0.3) is 0 Å². The number of ether oxygens (including phenoxy) is 3. The van der Waals surface area contributed by atoms with Crippen molar-refractivity contribution in [3.63, 3.8) is 0 Å². The van der Waals surface area contributed by atoms with Gasteiger partial charge in [0.25, 0.3) is 5.91 Å². The van der Waals surface area contributed by atoms with E-state index < -0.39 is 24.4 Å². The minimum absolute atomic E-state index is 0.278. The number of ketones is 1. The number of Topliss-reactive ketones (excluding diaryl/α,β-unsaturated/α-hetero) is 1. The molecule has 2 aromatic rings. The summed E-state index contributed by atoms with van der Waals surface area (Å²) in [4.78, 5) is 37.5. The quantitative estimate of drug-likeness (QED) is 0.432. The lowest BCUT2D eigenvalue weighted by Gasteiger charge is -2.17. The zero-order valence-electron chi connectivity index (χ0n) is 17.2. The number of amides is 1. The number of thioether (sulfide) groups is 1. The molecule has 0 spiro atoms. The molecule has 0 aliphatic rings. The van der Waals surface area contributed by atoms with Crippen LogP contribution in [0.5, 0.6) is 11.5 Å². The Morgan fingerprint density at radius 1 is 1.03 bits per heavy atom. The van der Waals surface area contributed by atoms with E-state index in [0.717, 1.165) is 0 Å². The summed E-state index contributed by atoms with van der Waals surface area (Å²) in [6.45, 7) is -0.460. The fraction of sp³-hybridized carbons (Fsp3) is 0.318. The molecule has 8 heteroatoms. The molecule has 1 unspecified atom stereocenters. The van der Waals surface area contributed by atoms with E-state index in [1.165, 1.54) is 14.2 Å². The van der Waals surface area contributed by atoms with E-state index in [0.29, 0.717) is 29.2 Å². The number of carbonyl (C=O) groups excluding carboxylic acids is 3. The monoisotopic (exact) mass is 431 g/mol. The Labute approximate surface area is 180 Å². The van der Waals surface area contributed by atoms with Crippen molar-refractivity contribution < 1.29 is 28.6 Å². The van der Waals surface area contributed by atoms with Gasteiger partial charge in [0.1, 0.15) is 17.5 Å². The lowest BCUT2D eigenvalue weighted by Crippen LogP contribution is -2.42. The Kier molecular flexibility index (Phi) is 9.21. The Morgan fingerprint density at radius 2 is 1.77 bits per heavy atom. The number of methoxy groups -OCH3 is 2. The van der Waals surface area contributed by atoms with E-state index in [-0.39, 0.29) is 11.5 Å². The van der Waals surface area contributed by atoms with Crippen molar-refractivity contribution in [2.24, 2.45) is 0 Å². The van der Waals surface area contributed by atoms with Crippen LogP contribution >= 0.6 is 11.8 Å². The maximum Gasteiger partial charge on any atom is 0.329 e. The predicted molar refractivity (Wildman–Crippen MR) is 116 cm³/mol. The van der Waals surface area contributed by atoms with Crippen molar-refractivity contribution in [3.8, 4) is 11.5 Å². The van der Waals surface area contributed by atoms with Gasteiger partial charge in [0, 0.05) is 11.6 Å². The van der Waals surface area contributed by atoms with Crippen molar-refractivity contribution in [2.75, 3.05) is 32.8 Å². The molecule has 0 saturated carbocycles. The Morgan fingerprint density at radius 3 is 2.40 bits per heavy atom. The number of rotatable bonds is 11. The molecule has 0 bridgehead atoms. The van der Waals surface area contributed by atoms with Gasteiger partial charge in [0.05, 0.1) is 19.8 Å². The molecule has 2 rings (SSSR count). The van der Waals surface area contributed by atoms with Crippen molar-refractivity contribution in [2.45, 2.75) is 12.5 Å². The van der Waals surface area contributed by atoms with Crippen molar-refractivity contribution in [1.82, 2.24) is 5.32 Å². The first kappa shape index (κ1) is 23.3. The molecular weight excluding hydrogens is 406 g/mol. The summed E-state index contributed by atoms with van der Waals surface area (Å²) in [5.74, 6) is 0.0689. The van der Waals surface area contributed by atoms with Crippen LogP contribution in [0, 0.1) is 0 Å². The van der Waals surface area contributed by atoms with E-state index >= 15 is 0 Å². The molecule has 160 valence electrons. The second-order valence-corrected chi connectivity index (χ2v) is 7.26. The zero-order chi connectivity index (χ0) is 21.9. The highest BCUT2D eigenvalue weighted by Crippen LogP contribution is 2.25. The van der Waals surface area contributed by atoms with Crippen molar-refractivity contribution >= 4 is 29.4 Å². The summed E-state index contributed by atoms with van der Waals surface area (Å²) >= 11 is 1.55. The van der Waals surface area contributed by atoms with Gasteiger partial charge in [-0.3, -0.25) is 9.59 Å². The van der Waals surface area contributed by atoms with E-state index in [9.17, 15) is 14.4 Å². The van der Waals surface area contributed by atoms with Gasteiger partial charge in [-0.05, 0) is 42.7 Å². The third-order valence-corrected chi connectivity index (χ3v) is 4.94. The Bertz CT molecular complexity index is 871. The topological polar surface area (TPSA) is 90.9 Å². The highest BCUT2D eigenvalue weighted by atomic mass is 32.2. The second-order valence-electron chi connectivity index (χ2n) is 6.27. The number of nitrogens with one attached hydrogen (secondary N) is 1. The summed E-state index contributed by atoms with van der Waals surface area (Å²) in [5.41, 5.74) is 0.721. The van der Waals surface area contributed by atoms with E-state index in [4.69, 9.17) is 14.2 Å². The smallest absolute Gasteiger partial charge is 0.329 e. The van der Waals surface area contributed by atoms with Crippen LogP contribution in [0.15, 0.2) is 48.5 Å². The van der Waals surface area contributed by atoms with Crippen LogP contribution in [-0.2, 0) is 9.53 Å². The molecule has 30 heavy (non-hydrogen) atoms. The summed E-state index contributed by atoms with van der Waals surface area (Å²) in [5, 5.41) is 2.69. The standard InChI is InChI=1S/C22H25NO6S/c1-27-16-9-10-17(20(13-16)28-2)19(24)14-29-22(26)18(11-12-30-3)23-21(25)15-7-5-4-6-8-15/h4-10,13,18H,11-12,14H2,1-3H3,(H,23,25). The third-order valence-electron chi connectivity index (χ3n) is 4.29. The molecule has 7 nitrogen and oxygen atoms in total. The van der Waals surface area contributed by atoms with Crippen LogP contribution < -0.4 is 14.8 Å². The van der Waals surface area contributed by atoms with Gasteiger partial charge in [-0.15, -0.1) is 0 Å². The molecule has 0 aliphatic heterocycles. The molecule has 1 atom stereocenters. The lowest BCUT2D eigenvalue weighted by atomic mass is 10.1. The normalized spacial score (nSPS) is 11.3. The number of hydrogen-bond acceptors (Lipinski definition) is 7. The first-order chi connectivity index (χ1) is 14.5. The molecule has 0 aliphatic carbocycles. The predicted octanol–water partition coefficient (Wildman–Crippen LogP) is 2.98. The molecule has 0 fully saturated rings. The van der Waals surface area contributed by atoms with Gasteiger partial charge in [-0.1, -0.05) is 18.2 Å². The number of carbonyl (C=O) groups is 3. The highest BCUT2D eigenvalue weighted by molar-refractivity contribution is 7.98. The van der Waals surface area contributed by atoms with Gasteiger partial charge in [0.2, 0.25) is 5.78 Å². The number of esters is 1. The van der Waals surface area contributed by atoms with E-state index in [1.807, 2.05) is 6.26 Å². The molecule has 1 amide bonds. The molecule has 1 N–H and O–H groups in total. The minimum atomic E-state index is -0.851. The largest absolute Gasteiger partial charge is 0.497 e. The molecule has 0 aromatic heterocycles. The summed E-state index contributed by atoms with van der Waals surface area (Å²) in [6, 6.07) is 12.5. The van der Waals surface area contributed by atoms with Gasteiger partial charge >= 0.3 is 5.97 Å². The van der Waals surface area contributed by atoms with Crippen LogP contribution in [0.2, 0.25) is 0 Å². The lowest BCUT2D eigenvalue weighted by molar-refractivity contribution is -0.144. The van der Waals surface area contributed by atoms with Gasteiger partial charge < -0.3 is 19.5 Å². The number of benzene rings is 2. The molecule has 0 radical (unpaired) electrons. The molecular formula is C22H25NO6S. The van der Waals surface area contributed by atoms with Crippen LogP contribution in [0.1, 0.15) is 27.1 Å².